The Balaban J connectivity index is 1.30. The second kappa shape index (κ2) is 9.30. The molecular weight excluding hydrogens is 370 g/mol. The molecule has 3 heterocycles. The molecule has 26 heavy (non-hydrogen) atoms. The fourth-order valence-electron chi connectivity index (χ4n) is 2.51. The first-order valence-electron chi connectivity index (χ1n) is 8.37. The predicted molar refractivity (Wildman–Crippen MR) is 108 cm³/mol. The third kappa shape index (κ3) is 5.27. The molecule has 3 aromatic rings. The van der Waals surface area contributed by atoms with Gasteiger partial charge in [0.05, 0.1) is 0 Å². The van der Waals surface area contributed by atoms with E-state index in [1.54, 1.807) is 18.5 Å². The number of pyridine rings is 1. The van der Waals surface area contributed by atoms with E-state index < -0.39 is 0 Å². The molecule has 136 valence electrons. The highest BCUT2D eigenvalue weighted by Gasteiger charge is 2.03. The molecule has 0 unspecified atom stereocenters. The van der Waals surface area contributed by atoms with Crippen molar-refractivity contribution in [3.8, 4) is 0 Å². The lowest BCUT2D eigenvalue weighted by atomic mass is 10.2. The summed E-state index contributed by atoms with van der Waals surface area (Å²) in [6.45, 7) is 2.30. The molecule has 0 fully saturated rings. The highest BCUT2D eigenvalue weighted by Crippen LogP contribution is 2.14. The largest absolute Gasteiger partial charge is 0.370 e. The standard InChI is InChI=1S/C17H20ClN7S/c18-16-22-10-5-14(25-16)19-6-1-2-7-23-17(26)24-11-12-3-8-20-15-13(12)4-9-21-15/h3-5,8-10H,1-2,6-7,11H2,(H,20,21)(H,19,22,25)(H2,23,24,26). The quantitative estimate of drug-likeness (QED) is 0.267. The Morgan fingerprint density at radius 2 is 1.92 bits per heavy atom. The van der Waals surface area contributed by atoms with Crippen molar-refractivity contribution in [1.29, 1.82) is 0 Å². The number of halogens is 1. The Kier molecular flexibility index (Phi) is 6.56. The van der Waals surface area contributed by atoms with Crippen LogP contribution in [0.25, 0.3) is 11.0 Å². The fraction of sp³-hybridized carbons (Fsp3) is 0.294. The van der Waals surface area contributed by atoms with Crippen LogP contribution in [0.5, 0.6) is 0 Å². The lowest BCUT2D eigenvalue weighted by molar-refractivity contribution is 0.719. The summed E-state index contributed by atoms with van der Waals surface area (Å²) in [5.74, 6) is 0.739. The molecule has 9 heteroatoms. The van der Waals surface area contributed by atoms with Gasteiger partial charge in [0.25, 0.3) is 0 Å². The van der Waals surface area contributed by atoms with Crippen molar-refractivity contribution >= 4 is 45.8 Å². The first kappa shape index (κ1) is 18.3. The zero-order valence-corrected chi connectivity index (χ0v) is 15.7. The fourth-order valence-corrected chi connectivity index (χ4v) is 2.83. The van der Waals surface area contributed by atoms with Gasteiger partial charge in [-0.2, -0.15) is 0 Å². The van der Waals surface area contributed by atoms with E-state index in [1.165, 1.54) is 0 Å². The Morgan fingerprint density at radius 3 is 2.81 bits per heavy atom. The van der Waals surface area contributed by atoms with E-state index >= 15 is 0 Å². The Morgan fingerprint density at radius 1 is 1.08 bits per heavy atom. The van der Waals surface area contributed by atoms with Crippen molar-refractivity contribution in [2.45, 2.75) is 19.4 Å². The van der Waals surface area contributed by atoms with Crippen molar-refractivity contribution in [3.63, 3.8) is 0 Å². The highest BCUT2D eigenvalue weighted by atomic mass is 35.5. The molecule has 0 radical (unpaired) electrons. The molecule has 0 saturated carbocycles. The molecule has 3 rings (SSSR count). The maximum atomic E-state index is 5.74. The summed E-state index contributed by atoms with van der Waals surface area (Å²) in [5, 5.41) is 11.7. The van der Waals surface area contributed by atoms with Crippen LogP contribution in [0.2, 0.25) is 5.28 Å². The van der Waals surface area contributed by atoms with Gasteiger partial charge in [-0.1, -0.05) is 0 Å². The summed E-state index contributed by atoms with van der Waals surface area (Å²) in [5.41, 5.74) is 2.05. The van der Waals surface area contributed by atoms with Gasteiger partial charge in [-0.25, -0.2) is 15.0 Å². The third-order valence-corrected chi connectivity index (χ3v) is 4.28. The van der Waals surface area contributed by atoms with Crippen molar-refractivity contribution in [1.82, 2.24) is 30.6 Å². The number of hydrogen-bond acceptors (Lipinski definition) is 5. The van der Waals surface area contributed by atoms with Gasteiger partial charge < -0.3 is 20.9 Å². The zero-order chi connectivity index (χ0) is 18.2. The number of H-pyrrole nitrogens is 1. The van der Waals surface area contributed by atoms with Gasteiger partial charge in [-0.05, 0) is 60.4 Å². The van der Waals surface area contributed by atoms with Gasteiger partial charge in [0.2, 0.25) is 5.28 Å². The van der Waals surface area contributed by atoms with Crippen LogP contribution in [-0.2, 0) is 6.54 Å². The Labute approximate surface area is 162 Å². The highest BCUT2D eigenvalue weighted by molar-refractivity contribution is 7.80. The van der Waals surface area contributed by atoms with Crippen molar-refractivity contribution in [2.24, 2.45) is 0 Å². The minimum Gasteiger partial charge on any atom is -0.370 e. The zero-order valence-electron chi connectivity index (χ0n) is 14.1. The summed E-state index contributed by atoms with van der Waals surface area (Å²) in [7, 11) is 0. The van der Waals surface area contributed by atoms with Crippen molar-refractivity contribution in [3.05, 3.63) is 47.6 Å². The molecule has 0 aromatic carbocycles. The average molecular weight is 390 g/mol. The van der Waals surface area contributed by atoms with E-state index in [0.717, 1.165) is 48.3 Å². The smallest absolute Gasteiger partial charge is 0.224 e. The van der Waals surface area contributed by atoms with Crippen LogP contribution in [0.3, 0.4) is 0 Å². The predicted octanol–water partition coefficient (Wildman–Crippen LogP) is 2.86. The topological polar surface area (TPSA) is 90.6 Å². The number of hydrogen-bond donors (Lipinski definition) is 4. The number of aromatic amines is 1. The number of unbranched alkanes of at least 4 members (excludes halogenated alkanes) is 1. The van der Waals surface area contributed by atoms with Crippen LogP contribution in [0.1, 0.15) is 18.4 Å². The second-order valence-electron chi connectivity index (χ2n) is 5.66. The van der Waals surface area contributed by atoms with Gasteiger partial charge in [-0.15, -0.1) is 0 Å². The summed E-state index contributed by atoms with van der Waals surface area (Å²) in [6, 6.07) is 5.81. The van der Waals surface area contributed by atoms with Crippen molar-refractivity contribution < 1.29 is 0 Å². The number of thiocarbonyl (C=S) groups is 1. The minimum atomic E-state index is 0.249. The average Bonchev–Trinajstić information content (AvgIpc) is 3.12. The van der Waals surface area contributed by atoms with Crippen LogP contribution in [0.4, 0.5) is 5.82 Å². The number of fused-ring (bicyclic) bond motifs is 1. The van der Waals surface area contributed by atoms with Gasteiger partial charge in [0, 0.05) is 43.6 Å². The van der Waals surface area contributed by atoms with E-state index in [4.69, 9.17) is 23.8 Å². The molecule has 7 nitrogen and oxygen atoms in total. The lowest BCUT2D eigenvalue weighted by Crippen LogP contribution is -2.35. The number of rotatable bonds is 8. The maximum absolute atomic E-state index is 5.74. The number of nitrogens with zero attached hydrogens (tertiary/aromatic N) is 3. The van der Waals surface area contributed by atoms with E-state index in [0.29, 0.717) is 11.7 Å². The number of nitrogens with one attached hydrogen (secondary N) is 4. The SMILES string of the molecule is S=C(NCCCCNc1ccnc(Cl)n1)NCc1ccnc2[nH]ccc12. The third-order valence-electron chi connectivity index (χ3n) is 3.81. The molecule has 0 saturated heterocycles. The molecule has 0 bridgehead atoms. The monoisotopic (exact) mass is 389 g/mol. The lowest BCUT2D eigenvalue weighted by Gasteiger charge is -2.11. The Bertz CT molecular complexity index is 867. The van der Waals surface area contributed by atoms with E-state index in [-0.39, 0.29) is 5.28 Å². The Hall–Kier alpha value is -2.45. The maximum Gasteiger partial charge on any atom is 0.224 e. The van der Waals surface area contributed by atoms with E-state index in [9.17, 15) is 0 Å². The van der Waals surface area contributed by atoms with E-state index in [2.05, 4.69) is 35.9 Å². The summed E-state index contributed by atoms with van der Waals surface area (Å²) < 4.78 is 0. The number of anilines is 1. The molecule has 0 aliphatic heterocycles. The van der Waals surface area contributed by atoms with Gasteiger partial charge in [0.1, 0.15) is 11.5 Å². The molecule has 4 N–H and O–H groups in total. The van der Waals surface area contributed by atoms with Gasteiger partial charge >= 0.3 is 0 Å². The minimum absolute atomic E-state index is 0.249. The molecule has 0 spiro atoms. The van der Waals surface area contributed by atoms with E-state index in [1.807, 2.05) is 18.3 Å². The second-order valence-corrected chi connectivity index (χ2v) is 6.41. The molecular formula is C17H20ClN7S. The molecule has 0 aliphatic carbocycles. The number of aromatic nitrogens is 4. The first-order chi connectivity index (χ1) is 12.7. The summed E-state index contributed by atoms with van der Waals surface area (Å²) >= 11 is 11.1. The van der Waals surface area contributed by atoms with Crippen LogP contribution in [0, 0.1) is 0 Å². The van der Waals surface area contributed by atoms with Gasteiger partial charge in [-0.3, -0.25) is 0 Å². The first-order valence-corrected chi connectivity index (χ1v) is 9.16. The van der Waals surface area contributed by atoms with Crippen LogP contribution in [-0.4, -0.2) is 38.1 Å². The van der Waals surface area contributed by atoms with Gasteiger partial charge in [0.15, 0.2) is 5.11 Å². The molecule has 0 aliphatic rings. The van der Waals surface area contributed by atoms with Crippen molar-refractivity contribution in [2.75, 3.05) is 18.4 Å². The summed E-state index contributed by atoms with van der Waals surface area (Å²) in [4.78, 5) is 15.3. The molecule has 3 aromatic heterocycles. The van der Waals surface area contributed by atoms with Crippen LogP contribution in [0.15, 0.2) is 36.8 Å². The van der Waals surface area contributed by atoms with Crippen LogP contribution >= 0.6 is 23.8 Å². The summed E-state index contributed by atoms with van der Waals surface area (Å²) in [6.07, 6.45) is 7.30. The normalized spacial score (nSPS) is 10.7. The van der Waals surface area contributed by atoms with Crippen LogP contribution < -0.4 is 16.0 Å². The molecule has 0 atom stereocenters. The molecule has 0 amide bonds.